The number of benzene rings is 1. The van der Waals surface area contributed by atoms with Crippen LogP contribution in [0.3, 0.4) is 0 Å². The molecule has 0 spiro atoms. The number of rotatable bonds is 6. The molecule has 0 bridgehead atoms. The first-order valence-corrected chi connectivity index (χ1v) is 7.64. The highest BCUT2D eigenvalue weighted by atomic mass is 16.6. The zero-order valence-electron chi connectivity index (χ0n) is 14.1. The number of aliphatic hydroxyl groups excluding tert-OH is 1. The number of aliphatic hydroxyl groups is 1. The van der Waals surface area contributed by atoms with Crippen molar-refractivity contribution in [3.63, 3.8) is 0 Å². The van der Waals surface area contributed by atoms with Gasteiger partial charge in [0.15, 0.2) is 0 Å². The van der Waals surface area contributed by atoms with Gasteiger partial charge in [-0.25, -0.2) is 4.79 Å². The summed E-state index contributed by atoms with van der Waals surface area (Å²) in [6.07, 6.45) is -1.22. The second-order valence-electron chi connectivity index (χ2n) is 6.38. The monoisotopic (exact) mass is 322 g/mol. The molecule has 6 nitrogen and oxygen atoms in total. The molecule has 128 valence electrons. The predicted octanol–water partition coefficient (Wildman–Crippen LogP) is 2.14. The summed E-state index contributed by atoms with van der Waals surface area (Å²) in [6.45, 7) is 5.35. The fraction of sp³-hybridized carbons (Fsp3) is 0.529. The molecule has 0 aromatic heterocycles. The third kappa shape index (κ3) is 7.65. The first kappa shape index (κ1) is 19.0. The van der Waals surface area contributed by atoms with Gasteiger partial charge in [-0.15, -0.1) is 0 Å². The number of hydrogen-bond donors (Lipinski definition) is 3. The van der Waals surface area contributed by atoms with E-state index in [9.17, 15) is 14.7 Å². The Morgan fingerprint density at radius 1 is 1.22 bits per heavy atom. The molecule has 0 saturated carbocycles. The van der Waals surface area contributed by atoms with Crippen molar-refractivity contribution >= 4 is 12.0 Å². The molecule has 6 heteroatoms. The summed E-state index contributed by atoms with van der Waals surface area (Å²) in [6, 6.07) is 8.85. The Balaban J connectivity index is 2.78. The van der Waals surface area contributed by atoms with Crippen LogP contribution in [0, 0.1) is 0 Å². The van der Waals surface area contributed by atoms with E-state index in [2.05, 4.69) is 10.6 Å². The number of hydrogen-bond acceptors (Lipinski definition) is 4. The molecule has 0 aliphatic rings. The lowest BCUT2D eigenvalue weighted by Gasteiger charge is -2.25. The fourth-order valence-electron chi connectivity index (χ4n) is 2.08. The SMILES string of the molecule is CNC(=O)C[C@H](O)CC(NC(=O)OC(C)(C)C)c1ccccc1. The van der Waals surface area contributed by atoms with E-state index < -0.39 is 23.8 Å². The summed E-state index contributed by atoms with van der Waals surface area (Å²) in [5.74, 6) is -0.249. The summed E-state index contributed by atoms with van der Waals surface area (Å²) in [4.78, 5) is 23.4. The van der Waals surface area contributed by atoms with E-state index in [4.69, 9.17) is 4.74 Å². The van der Waals surface area contributed by atoms with Gasteiger partial charge < -0.3 is 20.5 Å². The van der Waals surface area contributed by atoms with Crippen LogP contribution >= 0.6 is 0 Å². The van der Waals surface area contributed by atoms with Gasteiger partial charge in [0.2, 0.25) is 5.91 Å². The first-order chi connectivity index (χ1) is 10.7. The molecule has 0 aliphatic heterocycles. The van der Waals surface area contributed by atoms with Crippen molar-refractivity contribution in [1.29, 1.82) is 0 Å². The van der Waals surface area contributed by atoms with Crippen LogP contribution in [0.5, 0.6) is 0 Å². The Kier molecular flexibility index (Phi) is 7.03. The van der Waals surface area contributed by atoms with E-state index in [1.165, 1.54) is 7.05 Å². The highest BCUT2D eigenvalue weighted by Crippen LogP contribution is 2.20. The van der Waals surface area contributed by atoms with E-state index >= 15 is 0 Å². The predicted molar refractivity (Wildman–Crippen MR) is 87.9 cm³/mol. The topological polar surface area (TPSA) is 87.7 Å². The Bertz CT molecular complexity index is 511. The summed E-state index contributed by atoms with van der Waals surface area (Å²) >= 11 is 0. The molecule has 2 amide bonds. The molecule has 23 heavy (non-hydrogen) atoms. The molecule has 0 aliphatic carbocycles. The minimum atomic E-state index is -0.866. The van der Waals surface area contributed by atoms with Gasteiger partial charge in [-0.3, -0.25) is 4.79 Å². The Labute approximate surface area is 137 Å². The van der Waals surface area contributed by atoms with E-state index in [1.807, 2.05) is 30.3 Å². The molecule has 1 unspecified atom stereocenters. The molecule has 0 heterocycles. The maximum atomic E-state index is 12.0. The Morgan fingerprint density at radius 2 is 1.83 bits per heavy atom. The Morgan fingerprint density at radius 3 is 2.35 bits per heavy atom. The van der Waals surface area contributed by atoms with Crippen molar-refractivity contribution in [3.05, 3.63) is 35.9 Å². The van der Waals surface area contributed by atoms with Gasteiger partial charge in [-0.1, -0.05) is 30.3 Å². The van der Waals surface area contributed by atoms with Gasteiger partial charge in [0.05, 0.1) is 18.6 Å². The van der Waals surface area contributed by atoms with Crippen molar-refractivity contribution in [3.8, 4) is 0 Å². The van der Waals surface area contributed by atoms with E-state index in [-0.39, 0.29) is 18.7 Å². The van der Waals surface area contributed by atoms with E-state index in [0.29, 0.717) is 0 Å². The molecule has 0 fully saturated rings. The van der Waals surface area contributed by atoms with E-state index in [1.54, 1.807) is 20.8 Å². The molecule has 3 N–H and O–H groups in total. The fourth-order valence-corrected chi connectivity index (χ4v) is 2.08. The standard InChI is InChI=1S/C17H26N2O4/c1-17(2,3)23-16(22)19-14(12-8-6-5-7-9-12)10-13(20)11-15(21)18-4/h5-9,13-14,20H,10-11H2,1-4H3,(H,18,21)(H,19,22)/t13-,14?/m1/s1. The van der Waals surface area contributed by atoms with Gasteiger partial charge in [-0.05, 0) is 32.8 Å². The van der Waals surface area contributed by atoms with Crippen LogP contribution in [-0.2, 0) is 9.53 Å². The van der Waals surface area contributed by atoms with E-state index in [0.717, 1.165) is 5.56 Å². The molecule has 1 aromatic carbocycles. The average molecular weight is 322 g/mol. The van der Waals surface area contributed by atoms with Crippen molar-refractivity contribution in [1.82, 2.24) is 10.6 Å². The van der Waals surface area contributed by atoms with Crippen molar-refractivity contribution < 1.29 is 19.4 Å². The molecule has 2 atom stereocenters. The Hall–Kier alpha value is -2.08. The van der Waals surface area contributed by atoms with Crippen LogP contribution in [0.25, 0.3) is 0 Å². The summed E-state index contributed by atoms with van der Waals surface area (Å²) in [5, 5.41) is 15.3. The number of carbonyl (C=O) groups excluding carboxylic acids is 2. The largest absolute Gasteiger partial charge is 0.444 e. The third-order valence-electron chi connectivity index (χ3n) is 3.10. The van der Waals surface area contributed by atoms with Crippen molar-refractivity contribution in [2.75, 3.05) is 7.05 Å². The van der Waals surface area contributed by atoms with Crippen LogP contribution in [0.2, 0.25) is 0 Å². The van der Waals surface area contributed by atoms with Crippen molar-refractivity contribution in [2.24, 2.45) is 0 Å². The number of carbonyl (C=O) groups is 2. The van der Waals surface area contributed by atoms with Gasteiger partial charge in [0.1, 0.15) is 5.60 Å². The molecule has 0 radical (unpaired) electrons. The summed E-state index contributed by atoms with van der Waals surface area (Å²) in [5.41, 5.74) is 0.237. The molecule has 1 rings (SSSR count). The van der Waals surface area contributed by atoms with Gasteiger partial charge in [0.25, 0.3) is 0 Å². The summed E-state index contributed by atoms with van der Waals surface area (Å²) < 4.78 is 5.26. The average Bonchev–Trinajstić information content (AvgIpc) is 2.45. The zero-order chi connectivity index (χ0) is 17.5. The lowest BCUT2D eigenvalue weighted by atomic mass is 9.99. The molecule has 0 saturated heterocycles. The van der Waals surface area contributed by atoms with Crippen LogP contribution in [0.1, 0.15) is 45.2 Å². The lowest BCUT2D eigenvalue weighted by Crippen LogP contribution is -2.36. The third-order valence-corrected chi connectivity index (χ3v) is 3.10. The van der Waals surface area contributed by atoms with Gasteiger partial charge in [-0.2, -0.15) is 0 Å². The molecule has 1 aromatic rings. The van der Waals surface area contributed by atoms with Crippen LogP contribution < -0.4 is 10.6 Å². The second-order valence-corrected chi connectivity index (χ2v) is 6.38. The molecular formula is C17H26N2O4. The first-order valence-electron chi connectivity index (χ1n) is 7.64. The van der Waals surface area contributed by atoms with Crippen LogP contribution in [0.4, 0.5) is 4.79 Å². The van der Waals surface area contributed by atoms with Crippen LogP contribution in [-0.4, -0.2) is 35.9 Å². The van der Waals surface area contributed by atoms with Gasteiger partial charge >= 0.3 is 6.09 Å². The zero-order valence-corrected chi connectivity index (χ0v) is 14.1. The van der Waals surface area contributed by atoms with Crippen LogP contribution in [0.15, 0.2) is 30.3 Å². The minimum Gasteiger partial charge on any atom is -0.444 e. The normalized spacial score (nSPS) is 13.8. The number of ether oxygens (including phenoxy) is 1. The quantitative estimate of drug-likeness (QED) is 0.749. The van der Waals surface area contributed by atoms with Gasteiger partial charge in [0, 0.05) is 7.05 Å². The number of alkyl carbamates (subject to hydrolysis) is 1. The smallest absolute Gasteiger partial charge is 0.408 e. The number of amides is 2. The minimum absolute atomic E-state index is 0.0180. The highest BCUT2D eigenvalue weighted by molar-refractivity contribution is 5.76. The van der Waals surface area contributed by atoms with Crippen molar-refractivity contribution in [2.45, 2.75) is 51.4 Å². The highest BCUT2D eigenvalue weighted by Gasteiger charge is 2.23. The lowest BCUT2D eigenvalue weighted by molar-refractivity contribution is -0.122. The maximum Gasteiger partial charge on any atom is 0.408 e. The second kappa shape index (κ2) is 8.53. The maximum absolute atomic E-state index is 12.0. The summed E-state index contributed by atoms with van der Waals surface area (Å²) in [7, 11) is 1.52. The number of nitrogens with one attached hydrogen (secondary N) is 2. The molecular weight excluding hydrogens is 296 g/mol.